The fourth-order valence-corrected chi connectivity index (χ4v) is 1.68. The van der Waals surface area contributed by atoms with E-state index in [2.05, 4.69) is 15.8 Å². The number of carbonyl (C=O) groups excluding carboxylic acids is 1. The molecule has 1 aromatic carbocycles. The number of aryl methyl sites for hydroxylation is 1. The number of rotatable bonds is 5. The number of nitrogens with zero attached hydrogens (tertiary/aromatic N) is 2. The number of aromatic nitrogens is 1. The summed E-state index contributed by atoms with van der Waals surface area (Å²) in [5.74, 6) is 0.588. The molecule has 0 aliphatic heterocycles. The second-order valence-electron chi connectivity index (χ2n) is 4.49. The van der Waals surface area contributed by atoms with Crippen LogP contribution in [-0.4, -0.2) is 22.0 Å². The summed E-state index contributed by atoms with van der Waals surface area (Å²) in [5.41, 5.74) is 0.447. The molecule has 1 aromatic heterocycles. The van der Waals surface area contributed by atoms with Gasteiger partial charge in [0.1, 0.15) is 11.8 Å². The molecule has 0 unspecified atom stereocenters. The van der Waals surface area contributed by atoms with Crippen molar-refractivity contribution < 1.29 is 14.2 Å². The lowest BCUT2D eigenvalue weighted by Gasteiger charge is -2.13. The number of non-ortho nitro benzene ring substituents is 1. The predicted octanol–water partition coefficient (Wildman–Crippen LogP) is 2.33. The van der Waals surface area contributed by atoms with Crippen LogP contribution in [-0.2, 0) is 4.79 Å². The van der Waals surface area contributed by atoms with Crippen LogP contribution in [0.15, 0.2) is 34.9 Å². The molecule has 1 amide bonds. The van der Waals surface area contributed by atoms with Gasteiger partial charge in [-0.25, -0.2) is 0 Å². The normalized spacial score (nSPS) is 11.7. The average Bonchev–Trinajstić information content (AvgIpc) is 2.84. The Morgan fingerprint density at radius 2 is 2.19 bits per heavy atom. The molecule has 1 atom stereocenters. The smallest absolute Gasteiger partial charge is 0.271 e. The van der Waals surface area contributed by atoms with E-state index in [0.29, 0.717) is 17.3 Å². The lowest BCUT2D eigenvalue weighted by molar-refractivity contribution is -0.384. The number of benzene rings is 1. The Morgan fingerprint density at radius 3 is 2.81 bits per heavy atom. The molecule has 0 bridgehead atoms. The van der Waals surface area contributed by atoms with Crippen molar-refractivity contribution in [3.05, 3.63) is 46.2 Å². The highest BCUT2D eigenvalue weighted by Gasteiger charge is 2.15. The van der Waals surface area contributed by atoms with Gasteiger partial charge in [0.2, 0.25) is 5.91 Å². The molecule has 0 spiro atoms. The van der Waals surface area contributed by atoms with Crippen molar-refractivity contribution >= 4 is 23.1 Å². The Morgan fingerprint density at radius 1 is 1.43 bits per heavy atom. The molecular weight excluding hydrogens is 276 g/mol. The standard InChI is InChI=1S/C13H14N4O4/c1-8-6-12(16-21-8)15-13(18)9(2)14-10-4-3-5-11(7-10)17(19)20/h3-7,9,14H,1-2H3,(H,15,16,18)/t9-/m0/s1. The lowest BCUT2D eigenvalue weighted by atomic mass is 10.2. The molecule has 2 rings (SSSR count). The number of hydrogen-bond donors (Lipinski definition) is 2. The van der Waals surface area contributed by atoms with Crippen LogP contribution < -0.4 is 10.6 Å². The van der Waals surface area contributed by atoms with Crippen LogP contribution >= 0.6 is 0 Å². The molecule has 110 valence electrons. The number of hydrogen-bond acceptors (Lipinski definition) is 6. The Kier molecular flexibility index (Phi) is 4.17. The van der Waals surface area contributed by atoms with Gasteiger partial charge in [-0.2, -0.15) is 0 Å². The molecule has 21 heavy (non-hydrogen) atoms. The van der Waals surface area contributed by atoms with Crippen LogP contribution in [0.4, 0.5) is 17.2 Å². The fraction of sp³-hybridized carbons (Fsp3) is 0.231. The fourth-order valence-electron chi connectivity index (χ4n) is 1.68. The van der Waals surface area contributed by atoms with E-state index < -0.39 is 11.0 Å². The molecule has 0 radical (unpaired) electrons. The van der Waals surface area contributed by atoms with Crippen molar-refractivity contribution in [2.24, 2.45) is 0 Å². The highest BCUT2D eigenvalue weighted by atomic mass is 16.6. The molecule has 2 aromatic rings. The number of nitro benzene ring substituents is 1. The topological polar surface area (TPSA) is 110 Å². The van der Waals surface area contributed by atoms with Gasteiger partial charge in [0.25, 0.3) is 5.69 Å². The second kappa shape index (κ2) is 6.04. The maximum absolute atomic E-state index is 12.0. The SMILES string of the molecule is Cc1cc(NC(=O)[C@H](C)Nc2cccc([N+](=O)[O-])c2)no1. The Labute approximate surface area is 120 Å². The van der Waals surface area contributed by atoms with Gasteiger partial charge in [0.15, 0.2) is 5.82 Å². The number of amides is 1. The molecule has 0 fully saturated rings. The largest absolute Gasteiger partial charge is 0.374 e. The summed E-state index contributed by atoms with van der Waals surface area (Å²) in [4.78, 5) is 22.2. The number of anilines is 2. The molecular formula is C13H14N4O4. The number of nitrogens with one attached hydrogen (secondary N) is 2. The molecule has 0 aliphatic carbocycles. The maximum atomic E-state index is 12.0. The van der Waals surface area contributed by atoms with E-state index in [9.17, 15) is 14.9 Å². The summed E-state index contributed by atoms with van der Waals surface area (Å²) >= 11 is 0. The van der Waals surface area contributed by atoms with Crippen molar-refractivity contribution in [1.29, 1.82) is 0 Å². The quantitative estimate of drug-likeness (QED) is 0.646. The first-order chi connectivity index (χ1) is 9.95. The minimum absolute atomic E-state index is 0.0419. The summed E-state index contributed by atoms with van der Waals surface area (Å²) in [6.45, 7) is 3.36. The first-order valence-electron chi connectivity index (χ1n) is 6.21. The van der Waals surface area contributed by atoms with Crippen LogP contribution in [0.3, 0.4) is 0 Å². The van der Waals surface area contributed by atoms with E-state index in [0.717, 1.165) is 0 Å². The highest BCUT2D eigenvalue weighted by molar-refractivity contribution is 5.95. The summed E-state index contributed by atoms with van der Waals surface area (Å²) in [6, 6.07) is 6.95. The summed E-state index contributed by atoms with van der Waals surface area (Å²) in [6.07, 6.45) is 0. The van der Waals surface area contributed by atoms with Gasteiger partial charge >= 0.3 is 0 Å². The third kappa shape index (κ3) is 3.78. The molecule has 0 saturated heterocycles. The van der Waals surface area contributed by atoms with E-state index in [-0.39, 0.29) is 11.6 Å². The summed E-state index contributed by atoms with van der Waals surface area (Å²) in [7, 11) is 0. The van der Waals surface area contributed by atoms with Crippen LogP contribution in [0.1, 0.15) is 12.7 Å². The molecule has 8 nitrogen and oxygen atoms in total. The zero-order valence-corrected chi connectivity index (χ0v) is 11.5. The van der Waals surface area contributed by atoms with E-state index in [1.165, 1.54) is 12.1 Å². The average molecular weight is 290 g/mol. The van der Waals surface area contributed by atoms with E-state index in [4.69, 9.17) is 4.52 Å². The van der Waals surface area contributed by atoms with E-state index >= 15 is 0 Å². The van der Waals surface area contributed by atoms with Gasteiger partial charge in [-0.1, -0.05) is 11.2 Å². The number of carbonyl (C=O) groups is 1. The lowest BCUT2D eigenvalue weighted by Crippen LogP contribution is -2.31. The third-order valence-electron chi connectivity index (χ3n) is 2.71. The third-order valence-corrected chi connectivity index (χ3v) is 2.71. The van der Waals surface area contributed by atoms with E-state index in [1.807, 2.05) is 0 Å². The van der Waals surface area contributed by atoms with Crippen molar-refractivity contribution in [3.8, 4) is 0 Å². The van der Waals surface area contributed by atoms with Crippen molar-refractivity contribution in [2.75, 3.05) is 10.6 Å². The predicted molar refractivity (Wildman–Crippen MR) is 76.1 cm³/mol. The zero-order valence-electron chi connectivity index (χ0n) is 11.5. The minimum Gasteiger partial charge on any atom is -0.374 e. The van der Waals surface area contributed by atoms with Crippen LogP contribution in [0.2, 0.25) is 0 Å². The summed E-state index contributed by atoms with van der Waals surface area (Å²) in [5, 5.41) is 19.8. The van der Waals surface area contributed by atoms with Crippen LogP contribution in [0.25, 0.3) is 0 Å². The van der Waals surface area contributed by atoms with E-state index in [1.54, 1.807) is 32.0 Å². The van der Waals surface area contributed by atoms with Crippen molar-refractivity contribution in [1.82, 2.24) is 5.16 Å². The molecule has 0 aliphatic rings. The molecule has 8 heteroatoms. The van der Waals surface area contributed by atoms with Gasteiger partial charge < -0.3 is 15.2 Å². The zero-order chi connectivity index (χ0) is 15.4. The van der Waals surface area contributed by atoms with Gasteiger partial charge in [0.05, 0.1) is 4.92 Å². The van der Waals surface area contributed by atoms with Crippen LogP contribution in [0, 0.1) is 17.0 Å². The first kappa shape index (κ1) is 14.5. The molecule has 0 saturated carbocycles. The monoisotopic (exact) mass is 290 g/mol. The minimum atomic E-state index is -0.594. The summed E-state index contributed by atoms with van der Waals surface area (Å²) < 4.78 is 4.85. The van der Waals surface area contributed by atoms with Crippen molar-refractivity contribution in [2.45, 2.75) is 19.9 Å². The van der Waals surface area contributed by atoms with Gasteiger partial charge in [-0.15, -0.1) is 0 Å². The first-order valence-corrected chi connectivity index (χ1v) is 6.21. The molecule has 1 heterocycles. The van der Waals surface area contributed by atoms with Gasteiger partial charge in [-0.3, -0.25) is 14.9 Å². The van der Waals surface area contributed by atoms with Gasteiger partial charge in [0, 0.05) is 23.9 Å². The number of nitro groups is 1. The Hall–Kier alpha value is -2.90. The van der Waals surface area contributed by atoms with Crippen LogP contribution in [0.5, 0.6) is 0 Å². The second-order valence-corrected chi connectivity index (χ2v) is 4.49. The Balaban J connectivity index is 2.00. The highest BCUT2D eigenvalue weighted by Crippen LogP contribution is 2.18. The Bertz CT molecular complexity index is 668. The maximum Gasteiger partial charge on any atom is 0.271 e. The van der Waals surface area contributed by atoms with Gasteiger partial charge in [-0.05, 0) is 19.9 Å². The van der Waals surface area contributed by atoms with Crippen molar-refractivity contribution in [3.63, 3.8) is 0 Å². The molecule has 2 N–H and O–H groups in total.